The Morgan fingerprint density at radius 1 is 1.13 bits per heavy atom. The van der Waals surface area contributed by atoms with E-state index in [4.69, 9.17) is 9.47 Å². The second kappa shape index (κ2) is 7.40. The van der Waals surface area contributed by atoms with Gasteiger partial charge in [0.15, 0.2) is 11.5 Å². The lowest BCUT2D eigenvalue weighted by Gasteiger charge is -2.13. The molecule has 2 rings (SSSR count). The first kappa shape index (κ1) is 16.5. The summed E-state index contributed by atoms with van der Waals surface area (Å²) in [4.78, 5) is 22.5. The first-order valence-corrected chi connectivity index (χ1v) is 7.16. The molecule has 6 nitrogen and oxygen atoms in total. The summed E-state index contributed by atoms with van der Waals surface area (Å²) in [6, 6.07) is 12.4. The maximum atomic E-state index is 12.1. The minimum Gasteiger partial charge on any atom is -0.489 e. The minimum atomic E-state index is -0.597. The van der Waals surface area contributed by atoms with Crippen LogP contribution in [0.4, 0.5) is 5.69 Å². The van der Waals surface area contributed by atoms with Crippen LogP contribution in [-0.2, 0) is 0 Å². The molecule has 0 bridgehead atoms. The molecule has 120 valence electrons. The Labute approximate surface area is 133 Å². The van der Waals surface area contributed by atoms with Gasteiger partial charge in [0.05, 0.1) is 23.2 Å². The standard InChI is InChI=1S/C17H17NO5/c1-12(2)11-22-15-9-8-14(18(20)21)10-16(15)23-17(19)13-6-4-3-5-7-13/h3-10,12H,11H2,1-2H3. The van der Waals surface area contributed by atoms with Crippen LogP contribution in [0.25, 0.3) is 0 Å². The molecule has 0 atom stereocenters. The van der Waals surface area contributed by atoms with Gasteiger partial charge in [0.1, 0.15) is 0 Å². The predicted octanol–water partition coefficient (Wildman–Crippen LogP) is 3.85. The van der Waals surface area contributed by atoms with Crippen molar-refractivity contribution in [1.82, 2.24) is 0 Å². The summed E-state index contributed by atoms with van der Waals surface area (Å²) in [5.41, 5.74) is 0.187. The number of hydrogen-bond donors (Lipinski definition) is 0. The largest absolute Gasteiger partial charge is 0.489 e. The van der Waals surface area contributed by atoms with Crippen LogP contribution in [0.3, 0.4) is 0 Å². The summed E-state index contributed by atoms with van der Waals surface area (Å²) in [7, 11) is 0. The van der Waals surface area contributed by atoms with Crippen molar-refractivity contribution in [3.05, 3.63) is 64.2 Å². The molecular weight excluding hydrogens is 298 g/mol. The lowest BCUT2D eigenvalue weighted by molar-refractivity contribution is -0.384. The molecule has 0 saturated carbocycles. The van der Waals surface area contributed by atoms with Gasteiger partial charge in [-0.25, -0.2) is 4.79 Å². The highest BCUT2D eigenvalue weighted by Gasteiger charge is 2.17. The lowest BCUT2D eigenvalue weighted by atomic mass is 10.2. The first-order valence-electron chi connectivity index (χ1n) is 7.16. The first-order chi connectivity index (χ1) is 11.0. The molecule has 2 aromatic carbocycles. The molecule has 2 aromatic rings. The number of carbonyl (C=O) groups excluding carboxylic acids is 1. The van der Waals surface area contributed by atoms with E-state index in [1.165, 1.54) is 18.2 Å². The van der Waals surface area contributed by atoms with Crippen molar-refractivity contribution in [3.8, 4) is 11.5 Å². The summed E-state index contributed by atoms with van der Waals surface area (Å²) < 4.78 is 10.9. The Hall–Kier alpha value is -2.89. The van der Waals surface area contributed by atoms with Gasteiger partial charge in [0.2, 0.25) is 0 Å². The van der Waals surface area contributed by atoms with Crippen LogP contribution < -0.4 is 9.47 Å². The zero-order valence-corrected chi connectivity index (χ0v) is 12.9. The molecule has 0 spiro atoms. The summed E-state index contributed by atoms with van der Waals surface area (Å²) in [5, 5.41) is 10.9. The van der Waals surface area contributed by atoms with Crippen LogP contribution in [-0.4, -0.2) is 17.5 Å². The monoisotopic (exact) mass is 315 g/mol. The molecule has 0 aliphatic heterocycles. The number of benzene rings is 2. The van der Waals surface area contributed by atoms with Crippen LogP contribution in [0.5, 0.6) is 11.5 Å². The van der Waals surface area contributed by atoms with Gasteiger partial charge < -0.3 is 9.47 Å². The molecule has 0 heterocycles. The number of hydrogen-bond acceptors (Lipinski definition) is 5. The molecule has 6 heteroatoms. The van der Waals surface area contributed by atoms with Gasteiger partial charge in [-0.1, -0.05) is 32.0 Å². The van der Waals surface area contributed by atoms with Gasteiger partial charge in [-0.05, 0) is 24.1 Å². The van der Waals surface area contributed by atoms with E-state index < -0.39 is 10.9 Å². The van der Waals surface area contributed by atoms with E-state index in [2.05, 4.69) is 0 Å². The van der Waals surface area contributed by atoms with E-state index in [0.29, 0.717) is 17.9 Å². The van der Waals surface area contributed by atoms with Crippen LogP contribution in [0.15, 0.2) is 48.5 Å². The molecule has 0 aromatic heterocycles. The fraction of sp³-hybridized carbons (Fsp3) is 0.235. The summed E-state index contributed by atoms with van der Waals surface area (Å²) >= 11 is 0. The van der Waals surface area contributed by atoms with E-state index in [1.807, 2.05) is 13.8 Å². The van der Waals surface area contributed by atoms with E-state index in [0.717, 1.165) is 0 Å². The molecule has 0 aliphatic rings. The third-order valence-electron chi connectivity index (χ3n) is 2.92. The van der Waals surface area contributed by atoms with E-state index in [9.17, 15) is 14.9 Å². The van der Waals surface area contributed by atoms with Gasteiger partial charge >= 0.3 is 5.97 Å². The average Bonchev–Trinajstić information content (AvgIpc) is 2.54. The van der Waals surface area contributed by atoms with Crippen LogP contribution >= 0.6 is 0 Å². The maximum absolute atomic E-state index is 12.1. The fourth-order valence-corrected chi connectivity index (χ4v) is 1.80. The highest BCUT2D eigenvalue weighted by Crippen LogP contribution is 2.32. The number of non-ortho nitro benzene ring substituents is 1. The number of ether oxygens (including phenoxy) is 2. The van der Waals surface area contributed by atoms with Crippen LogP contribution in [0.1, 0.15) is 24.2 Å². The number of rotatable bonds is 6. The zero-order valence-electron chi connectivity index (χ0n) is 12.9. The quantitative estimate of drug-likeness (QED) is 0.350. The Balaban J connectivity index is 2.27. The van der Waals surface area contributed by atoms with Crippen molar-refractivity contribution in [2.45, 2.75) is 13.8 Å². The molecular formula is C17H17NO5. The van der Waals surface area contributed by atoms with Crippen LogP contribution in [0.2, 0.25) is 0 Å². The Morgan fingerprint density at radius 2 is 1.83 bits per heavy atom. The molecule has 0 fully saturated rings. The molecule has 23 heavy (non-hydrogen) atoms. The van der Waals surface area contributed by atoms with Crippen molar-refractivity contribution >= 4 is 11.7 Å². The summed E-state index contributed by atoms with van der Waals surface area (Å²) in [6.45, 7) is 4.36. The number of nitrogens with zero attached hydrogens (tertiary/aromatic N) is 1. The molecule has 0 saturated heterocycles. The van der Waals surface area contributed by atoms with Crippen molar-refractivity contribution < 1.29 is 19.2 Å². The SMILES string of the molecule is CC(C)COc1ccc([N+](=O)[O-])cc1OC(=O)c1ccccc1. The second-order valence-electron chi connectivity index (χ2n) is 5.35. The lowest BCUT2D eigenvalue weighted by Crippen LogP contribution is -2.11. The normalized spacial score (nSPS) is 10.4. The number of nitro groups is 1. The smallest absolute Gasteiger partial charge is 0.343 e. The van der Waals surface area contributed by atoms with Gasteiger partial charge in [-0.2, -0.15) is 0 Å². The van der Waals surface area contributed by atoms with Crippen molar-refractivity contribution in [2.24, 2.45) is 5.92 Å². The van der Waals surface area contributed by atoms with E-state index in [-0.39, 0.29) is 17.4 Å². The Bertz CT molecular complexity index is 697. The molecule has 0 unspecified atom stereocenters. The number of nitro benzene ring substituents is 1. The molecule has 0 aliphatic carbocycles. The van der Waals surface area contributed by atoms with Crippen molar-refractivity contribution in [1.29, 1.82) is 0 Å². The van der Waals surface area contributed by atoms with Crippen LogP contribution in [0, 0.1) is 16.0 Å². The predicted molar refractivity (Wildman–Crippen MR) is 84.8 cm³/mol. The highest BCUT2D eigenvalue weighted by atomic mass is 16.6. The Kier molecular flexibility index (Phi) is 5.30. The minimum absolute atomic E-state index is 0.0358. The second-order valence-corrected chi connectivity index (χ2v) is 5.35. The summed E-state index contributed by atoms with van der Waals surface area (Å²) in [6.07, 6.45) is 0. The van der Waals surface area contributed by atoms with Crippen molar-refractivity contribution in [3.63, 3.8) is 0 Å². The van der Waals surface area contributed by atoms with E-state index in [1.54, 1.807) is 30.3 Å². The molecule has 0 N–H and O–H groups in total. The summed E-state index contributed by atoms with van der Waals surface area (Å²) in [5.74, 6) is 0.00523. The molecule has 0 amide bonds. The third-order valence-corrected chi connectivity index (χ3v) is 2.92. The number of esters is 1. The fourth-order valence-electron chi connectivity index (χ4n) is 1.80. The molecule has 0 radical (unpaired) electrons. The van der Waals surface area contributed by atoms with Gasteiger partial charge in [-0.15, -0.1) is 0 Å². The topological polar surface area (TPSA) is 78.7 Å². The van der Waals surface area contributed by atoms with Gasteiger partial charge in [0.25, 0.3) is 5.69 Å². The Morgan fingerprint density at radius 3 is 2.43 bits per heavy atom. The van der Waals surface area contributed by atoms with Crippen molar-refractivity contribution in [2.75, 3.05) is 6.61 Å². The number of carbonyl (C=O) groups is 1. The average molecular weight is 315 g/mol. The zero-order chi connectivity index (χ0) is 16.8. The van der Waals surface area contributed by atoms with E-state index >= 15 is 0 Å². The highest BCUT2D eigenvalue weighted by molar-refractivity contribution is 5.91. The van der Waals surface area contributed by atoms with Gasteiger partial charge in [0, 0.05) is 6.07 Å². The maximum Gasteiger partial charge on any atom is 0.343 e. The van der Waals surface area contributed by atoms with Gasteiger partial charge in [-0.3, -0.25) is 10.1 Å². The third kappa shape index (κ3) is 4.54.